The van der Waals surface area contributed by atoms with Crippen molar-refractivity contribution in [3.05, 3.63) is 24.2 Å². The van der Waals surface area contributed by atoms with Gasteiger partial charge in [-0.1, -0.05) is 0 Å². The number of furan rings is 1. The van der Waals surface area contributed by atoms with Gasteiger partial charge in [0.15, 0.2) is 0 Å². The number of rotatable bonds is 4. The maximum Gasteiger partial charge on any atom is 0.257 e. The molecule has 1 aromatic rings. The molecule has 5 heteroatoms. The lowest BCUT2D eigenvalue weighted by Gasteiger charge is -2.47. The quantitative estimate of drug-likeness (QED) is 0.841. The minimum absolute atomic E-state index is 0.143. The van der Waals surface area contributed by atoms with Crippen molar-refractivity contribution >= 4 is 5.91 Å². The van der Waals surface area contributed by atoms with E-state index in [0.29, 0.717) is 11.0 Å². The summed E-state index contributed by atoms with van der Waals surface area (Å²) in [4.78, 5) is 20.0. The van der Waals surface area contributed by atoms with Crippen molar-refractivity contribution in [2.75, 3.05) is 52.4 Å². The summed E-state index contributed by atoms with van der Waals surface area (Å²) >= 11 is 0. The first kappa shape index (κ1) is 17.1. The molecule has 3 fully saturated rings. The molecule has 3 aliphatic rings. The van der Waals surface area contributed by atoms with E-state index in [2.05, 4.69) is 14.7 Å². The molecule has 25 heavy (non-hydrogen) atoms. The van der Waals surface area contributed by atoms with Gasteiger partial charge >= 0.3 is 0 Å². The lowest BCUT2D eigenvalue weighted by Crippen LogP contribution is -2.51. The van der Waals surface area contributed by atoms with Gasteiger partial charge < -0.3 is 19.1 Å². The molecule has 0 N–H and O–H groups in total. The predicted molar refractivity (Wildman–Crippen MR) is 97.6 cm³/mol. The van der Waals surface area contributed by atoms with Gasteiger partial charge in [-0.3, -0.25) is 4.79 Å². The minimum Gasteiger partial charge on any atom is -0.472 e. The maximum absolute atomic E-state index is 12.7. The number of amides is 1. The molecule has 3 aliphatic heterocycles. The third kappa shape index (κ3) is 3.93. The van der Waals surface area contributed by atoms with E-state index in [1.54, 1.807) is 18.6 Å². The van der Waals surface area contributed by atoms with Crippen LogP contribution in [0.1, 0.15) is 48.9 Å². The zero-order valence-electron chi connectivity index (χ0n) is 15.3. The van der Waals surface area contributed by atoms with Gasteiger partial charge in [-0.15, -0.1) is 0 Å². The monoisotopic (exact) mass is 345 g/mol. The fourth-order valence-electron chi connectivity index (χ4n) is 4.90. The Labute approximate surface area is 150 Å². The Morgan fingerprint density at radius 1 is 0.960 bits per heavy atom. The van der Waals surface area contributed by atoms with E-state index in [1.165, 1.54) is 71.4 Å². The molecule has 4 heterocycles. The molecule has 0 aliphatic carbocycles. The van der Waals surface area contributed by atoms with Gasteiger partial charge in [0.25, 0.3) is 5.91 Å². The molecule has 3 saturated heterocycles. The van der Waals surface area contributed by atoms with Crippen LogP contribution in [0, 0.1) is 5.41 Å². The summed E-state index contributed by atoms with van der Waals surface area (Å²) in [7, 11) is 0. The average Bonchev–Trinajstić information content (AvgIpc) is 3.35. The van der Waals surface area contributed by atoms with Crippen LogP contribution >= 0.6 is 0 Å². The molecule has 1 aromatic heterocycles. The van der Waals surface area contributed by atoms with Gasteiger partial charge in [-0.05, 0) is 76.2 Å². The van der Waals surface area contributed by atoms with Crippen molar-refractivity contribution in [3.63, 3.8) is 0 Å². The van der Waals surface area contributed by atoms with Crippen molar-refractivity contribution in [2.45, 2.75) is 38.5 Å². The first-order valence-corrected chi connectivity index (χ1v) is 10.0. The molecule has 0 aromatic carbocycles. The molecule has 1 amide bonds. The normalized spacial score (nSPS) is 24.9. The number of likely N-dealkylation sites (tertiary alicyclic amines) is 3. The molecule has 4 rings (SSSR count). The lowest BCUT2D eigenvalue weighted by atomic mass is 9.72. The predicted octanol–water partition coefficient (Wildman–Crippen LogP) is 2.69. The largest absolute Gasteiger partial charge is 0.472 e. The van der Waals surface area contributed by atoms with Crippen molar-refractivity contribution < 1.29 is 9.21 Å². The van der Waals surface area contributed by atoms with Crippen LogP contribution in [0.15, 0.2) is 23.0 Å². The Hall–Kier alpha value is -1.33. The van der Waals surface area contributed by atoms with Crippen LogP contribution in [0.2, 0.25) is 0 Å². The second-order valence-corrected chi connectivity index (χ2v) is 8.23. The Morgan fingerprint density at radius 2 is 1.68 bits per heavy atom. The summed E-state index contributed by atoms with van der Waals surface area (Å²) in [6, 6.07) is 1.78. The molecule has 1 spiro atoms. The van der Waals surface area contributed by atoms with E-state index in [-0.39, 0.29) is 5.91 Å². The Morgan fingerprint density at radius 3 is 2.36 bits per heavy atom. The molecular weight excluding hydrogens is 314 g/mol. The SMILES string of the molecule is O=C(c1ccoc1)N1CCCC2(CCN(CCN3CCCC3)CC2)C1. The molecule has 0 radical (unpaired) electrons. The fraction of sp³-hybridized carbons (Fsp3) is 0.750. The van der Waals surface area contributed by atoms with Gasteiger partial charge in [0.1, 0.15) is 6.26 Å². The van der Waals surface area contributed by atoms with Crippen molar-refractivity contribution in [3.8, 4) is 0 Å². The van der Waals surface area contributed by atoms with Crippen LogP contribution in [0.5, 0.6) is 0 Å². The zero-order valence-corrected chi connectivity index (χ0v) is 15.3. The van der Waals surface area contributed by atoms with Crippen LogP contribution < -0.4 is 0 Å². The summed E-state index contributed by atoms with van der Waals surface area (Å²) in [6.07, 6.45) is 10.8. The van der Waals surface area contributed by atoms with Gasteiger partial charge in [-0.25, -0.2) is 0 Å². The molecule has 138 valence electrons. The number of carbonyl (C=O) groups excluding carboxylic acids is 1. The number of nitrogens with zero attached hydrogens (tertiary/aromatic N) is 3. The topological polar surface area (TPSA) is 39.9 Å². The summed E-state index contributed by atoms with van der Waals surface area (Å²) in [5.41, 5.74) is 1.04. The highest BCUT2D eigenvalue weighted by Crippen LogP contribution is 2.40. The number of carbonyl (C=O) groups is 1. The molecule has 0 saturated carbocycles. The van der Waals surface area contributed by atoms with E-state index >= 15 is 0 Å². The van der Waals surface area contributed by atoms with Crippen LogP contribution in [0.3, 0.4) is 0 Å². The number of hydrogen-bond acceptors (Lipinski definition) is 4. The number of hydrogen-bond donors (Lipinski definition) is 0. The lowest BCUT2D eigenvalue weighted by molar-refractivity contribution is 0.0200. The Balaban J connectivity index is 1.28. The Bertz CT molecular complexity index is 558. The molecule has 0 unspecified atom stereocenters. The van der Waals surface area contributed by atoms with E-state index in [4.69, 9.17) is 4.42 Å². The highest BCUT2D eigenvalue weighted by atomic mass is 16.3. The van der Waals surface area contributed by atoms with E-state index < -0.39 is 0 Å². The maximum atomic E-state index is 12.7. The van der Waals surface area contributed by atoms with E-state index in [0.717, 1.165) is 19.5 Å². The molecule has 5 nitrogen and oxygen atoms in total. The van der Waals surface area contributed by atoms with Gasteiger partial charge in [0.2, 0.25) is 0 Å². The van der Waals surface area contributed by atoms with Gasteiger partial charge in [0.05, 0.1) is 11.8 Å². The fourth-order valence-corrected chi connectivity index (χ4v) is 4.90. The standard InChI is InChI=1S/C20H31N3O2/c24-19(18-4-15-25-16-18)23-10-3-5-20(17-23)6-11-22(12-7-20)14-13-21-8-1-2-9-21/h4,15-16H,1-3,5-14,17H2. The van der Waals surface area contributed by atoms with Gasteiger partial charge in [-0.2, -0.15) is 0 Å². The zero-order chi connectivity index (χ0) is 17.1. The van der Waals surface area contributed by atoms with Crippen LogP contribution in [0.25, 0.3) is 0 Å². The van der Waals surface area contributed by atoms with Gasteiger partial charge in [0, 0.05) is 26.2 Å². The second kappa shape index (κ2) is 7.50. The van der Waals surface area contributed by atoms with Crippen molar-refractivity contribution in [1.82, 2.24) is 14.7 Å². The summed E-state index contributed by atoms with van der Waals surface area (Å²) < 4.78 is 5.09. The summed E-state index contributed by atoms with van der Waals surface area (Å²) in [6.45, 7) is 9.25. The van der Waals surface area contributed by atoms with Crippen LogP contribution in [-0.2, 0) is 0 Å². The highest BCUT2D eigenvalue weighted by molar-refractivity contribution is 5.93. The summed E-state index contributed by atoms with van der Waals surface area (Å²) in [5, 5.41) is 0. The first-order chi connectivity index (χ1) is 12.2. The van der Waals surface area contributed by atoms with Crippen molar-refractivity contribution in [1.29, 1.82) is 0 Å². The third-order valence-corrected chi connectivity index (χ3v) is 6.56. The smallest absolute Gasteiger partial charge is 0.257 e. The molecule has 0 atom stereocenters. The van der Waals surface area contributed by atoms with Crippen LogP contribution in [0.4, 0.5) is 0 Å². The molecule has 0 bridgehead atoms. The average molecular weight is 345 g/mol. The summed E-state index contributed by atoms with van der Waals surface area (Å²) in [5.74, 6) is 0.143. The Kier molecular flexibility index (Phi) is 5.13. The highest BCUT2D eigenvalue weighted by Gasteiger charge is 2.39. The minimum atomic E-state index is 0.143. The second-order valence-electron chi connectivity index (χ2n) is 8.23. The third-order valence-electron chi connectivity index (χ3n) is 6.56. The van der Waals surface area contributed by atoms with E-state index in [9.17, 15) is 4.79 Å². The van der Waals surface area contributed by atoms with Crippen LogP contribution in [-0.4, -0.2) is 73.0 Å². The van der Waals surface area contributed by atoms with Crippen molar-refractivity contribution in [2.24, 2.45) is 5.41 Å². The van der Waals surface area contributed by atoms with E-state index in [1.807, 2.05) is 0 Å². The molecular formula is C20H31N3O2. The number of piperidine rings is 2. The first-order valence-electron chi connectivity index (χ1n) is 10.0.